The molecule has 0 aliphatic rings. The first-order valence-corrected chi connectivity index (χ1v) is 8.16. The van der Waals surface area contributed by atoms with Crippen LogP contribution in [0.4, 0.5) is 32.6 Å². The highest BCUT2D eigenvalue weighted by Crippen LogP contribution is 3.02. The lowest BCUT2D eigenvalue weighted by atomic mass is 10.2. The van der Waals surface area contributed by atoms with E-state index in [2.05, 4.69) is 4.74 Å². The smallest absolute Gasteiger partial charge is 0.422 e. The number of nitrogens with zero attached hydrogens (tertiary/aromatic N) is 1. The number of halogens is 8. The molecule has 1 rings (SSSR count). The number of hydrogen-bond donors (Lipinski definition) is 0. The Kier molecular flexibility index (Phi) is 4.82. The first-order valence-electron chi connectivity index (χ1n) is 6.21. The zero-order valence-electron chi connectivity index (χ0n) is 12.3. The molecule has 0 bridgehead atoms. The van der Waals surface area contributed by atoms with Gasteiger partial charge in [-0.2, -0.15) is 13.2 Å². The van der Waals surface area contributed by atoms with Crippen molar-refractivity contribution in [3.63, 3.8) is 0 Å². The molecular weight excluding hydrogens is 390 g/mol. The number of benzene rings is 1. The Labute approximate surface area is 136 Å². The van der Waals surface area contributed by atoms with Crippen LogP contribution in [0.2, 0.25) is 0 Å². The second-order valence-corrected chi connectivity index (χ2v) is 7.37. The average Bonchev–Trinajstić information content (AvgIpc) is 2.41. The monoisotopic (exact) mass is 401 g/mol. The third kappa shape index (κ3) is 6.76. The highest BCUT2D eigenvalue weighted by atomic mass is 32.5. The standard InChI is InChI=1S/C12H11F8NO3S/c1-21(10(22)11(23)24-7-12(13,14)15)6-8-2-4-9(5-3-8)25(16,17,18,19)20/h2-5H,6-7H2,1H3. The highest BCUT2D eigenvalue weighted by molar-refractivity contribution is 8.45. The molecule has 0 heterocycles. The summed E-state index contributed by atoms with van der Waals surface area (Å²) in [7, 11) is -8.86. The Balaban J connectivity index is 2.76. The van der Waals surface area contributed by atoms with Crippen LogP contribution in [-0.4, -0.2) is 36.6 Å². The molecule has 0 aromatic heterocycles. The zero-order chi connectivity index (χ0) is 19.7. The summed E-state index contributed by atoms with van der Waals surface area (Å²) >= 11 is 0. The Bertz CT molecular complexity index is 668. The third-order valence-corrected chi connectivity index (χ3v) is 3.84. The second-order valence-electron chi connectivity index (χ2n) is 4.97. The lowest BCUT2D eigenvalue weighted by Gasteiger charge is -2.40. The summed E-state index contributed by atoms with van der Waals surface area (Å²) in [6, 6.07) is 1.52. The van der Waals surface area contributed by atoms with Crippen LogP contribution in [0.25, 0.3) is 0 Å². The van der Waals surface area contributed by atoms with Crippen molar-refractivity contribution in [3.8, 4) is 0 Å². The fourth-order valence-electron chi connectivity index (χ4n) is 1.56. The van der Waals surface area contributed by atoms with E-state index in [1.807, 2.05) is 0 Å². The van der Waals surface area contributed by atoms with Crippen molar-refractivity contribution in [1.29, 1.82) is 0 Å². The molecule has 0 fully saturated rings. The van der Waals surface area contributed by atoms with Crippen LogP contribution >= 0.6 is 10.2 Å². The molecule has 1 amide bonds. The van der Waals surface area contributed by atoms with Crippen molar-refractivity contribution in [3.05, 3.63) is 29.8 Å². The molecule has 0 saturated heterocycles. The normalized spacial score (nSPS) is 15.1. The van der Waals surface area contributed by atoms with Crippen LogP contribution in [0.15, 0.2) is 29.2 Å². The van der Waals surface area contributed by atoms with Gasteiger partial charge in [0.15, 0.2) is 6.61 Å². The number of esters is 1. The van der Waals surface area contributed by atoms with E-state index < -0.39 is 46.3 Å². The lowest BCUT2D eigenvalue weighted by Crippen LogP contribution is -2.35. The minimum absolute atomic E-state index is 0.0647. The van der Waals surface area contributed by atoms with E-state index in [0.29, 0.717) is 17.0 Å². The maximum Gasteiger partial charge on any atom is 0.422 e. The molecule has 13 heteroatoms. The van der Waals surface area contributed by atoms with Gasteiger partial charge in [0, 0.05) is 13.6 Å². The predicted molar refractivity (Wildman–Crippen MR) is 71.3 cm³/mol. The van der Waals surface area contributed by atoms with E-state index in [0.717, 1.165) is 7.05 Å². The molecule has 0 aliphatic heterocycles. The van der Waals surface area contributed by atoms with Gasteiger partial charge in [-0.1, -0.05) is 31.6 Å². The van der Waals surface area contributed by atoms with Crippen molar-refractivity contribution < 1.29 is 46.9 Å². The maximum absolute atomic E-state index is 12.5. The summed E-state index contributed by atoms with van der Waals surface area (Å²) in [4.78, 5) is 21.0. The van der Waals surface area contributed by atoms with E-state index in [1.54, 1.807) is 0 Å². The Morgan fingerprint density at radius 3 is 1.92 bits per heavy atom. The van der Waals surface area contributed by atoms with Crippen LogP contribution in [0.1, 0.15) is 5.56 Å². The van der Waals surface area contributed by atoms with E-state index in [4.69, 9.17) is 0 Å². The molecule has 0 saturated carbocycles. The van der Waals surface area contributed by atoms with Crippen LogP contribution in [0.5, 0.6) is 0 Å². The molecule has 4 nitrogen and oxygen atoms in total. The van der Waals surface area contributed by atoms with E-state index >= 15 is 0 Å². The zero-order valence-corrected chi connectivity index (χ0v) is 13.1. The number of rotatable bonds is 4. The molecule has 1 aromatic rings. The quantitative estimate of drug-likeness (QED) is 0.427. The van der Waals surface area contributed by atoms with Gasteiger partial charge in [0.2, 0.25) is 0 Å². The lowest BCUT2D eigenvalue weighted by molar-refractivity contribution is -0.189. The molecule has 0 radical (unpaired) electrons. The fourth-order valence-corrected chi connectivity index (χ4v) is 2.21. The Hall–Kier alpha value is -2.05. The highest BCUT2D eigenvalue weighted by Gasteiger charge is 2.65. The number of carbonyl (C=O) groups excluding carboxylic acids is 2. The van der Waals surface area contributed by atoms with E-state index in [-0.39, 0.29) is 17.7 Å². The minimum Gasteiger partial charge on any atom is -0.449 e. The predicted octanol–water partition coefficient (Wildman–Crippen LogP) is 4.41. The SMILES string of the molecule is CN(Cc1ccc(S(F)(F)(F)(F)F)cc1)C(=O)C(=O)OCC(F)(F)F. The first-order chi connectivity index (χ1) is 10.9. The molecule has 144 valence electrons. The van der Waals surface area contributed by atoms with Gasteiger partial charge in [-0.15, -0.1) is 0 Å². The van der Waals surface area contributed by atoms with Crippen molar-refractivity contribution in [2.45, 2.75) is 17.6 Å². The molecule has 0 atom stereocenters. The average molecular weight is 401 g/mol. The number of hydrogen-bond acceptors (Lipinski definition) is 3. The summed E-state index contributed by atoms with van der Waals surface area (Å²) in [6.07, 6.45) is -4.84. The molecule has 0 N–H and O–H groups in total. The van der Waals surface area contributed by atoms with Crippen molar-refractivity contribution in [1.82, 2.24) is 4.90 Å². The van der Waals surface area contributed by atoms with Crippen LogP contribution in [0, 0.1) is 0 Å². The van der Waals surface area contributed by atoms with Crippen LogP contribution in [0.3, 0.4) is 0 Å². The number of amides is 1. The molecule has 0 unspecified atom stereocenters. The summed E-state index contributed by atoms with van der Waals surface area (Å²) in [5.41, 5.74) is -0.0647. The van der Waals surface area contributed by atoms with E-state index in [9.17, 15) is 42.2 Å². The number of alkyl halides is 3. The van der Waals surface area contributed by atoms with Gasteiger partial charge in [0.1, 0.15) is 4.90 Å². The Morgan fingerprint density at radius 1 is 1.04 bits per heavy atom. The Morgan fingerprint density at radius 2 is 1.52 bits per heavy atom. The largest absolute Gasteiger partial charge is 0.449 e. The van der Waals surface area contributed by atoms with Gasteiger partial charge in [-0.3, -0.25) is 4.79 Å². The molecule has 0 aliphatic carbocycles. The molecule has 0 spiro atoms. The number of likely N-dealkylation sites (N-methyl/N-ethyl adjacent to an activating group) is 1. The van der Waals surface area contributed by atoms with Gasteiger partial charge in [0.25, 0.3) is 0 Å². The van der Waals surface area contributed by atoms with Gasteiger partial charge in [0.05, 0.1) is 0 Å². The summed E-state index contributed by atoms with van der Waals surface area (Å²) < 4.78 is 102. The summed E-state index contributed by atoms with van der Waals surface area (Å²) in [5, 5.41) is 0. The van der Waals surface area contributed by atoms with Gasteiger partial charge < -0.3 is 9.64 Å². The van der Waals surface area contributed by atoms with E-state index in [1.165, 1.54) is 0 Å². The van der Waals surface area contributed by atoms with Gasteiger partial charge >= 0.3 is 28.3 Å². The topological polar surface area (TPSA) is 46.6 Å². The van der Waals surface area contributed by atoms with Crippen molar-refractivity contribution in [2.24, 2.45) is 0 Å². The number of carbonyl (C=O) groups is 2. The first kappa shape index (κ1) is 21.0. The minimum atomic E-state index is -9.83. The van der Waals surface area contributed by atoms with Gasteiger partial charge in [-0.25, -0.2) is 4.79 Å². The van der Waals surface area contributed by atoms with Crippen molar-refractivity contribution in [2.75, 3.05) is 13.7 Å². The number of ether oxygens (including phenoxy) is 1. The molecular formula is C12H11F8NO3S. The van der Waals surface area contributed by atoms with Crippen LogP contribution in [-0.2, 0) is 20.9 Å². The summed E-state index contributed by atoms with van der Waals surface area (Å²) in [6.45, 7) is -2.50. The third-order valence-electron chi connectivity index (χ3n) is 2.68. The molecule has 25 heavy (non-hydrogen) atoms. The van der Waals surface area contributed by atoms with Crippen LogP contribution < -0.4 is 0 Å². The fraction of sp³-hybridized carbons (Fsp3) is 0.333. The maximum atomic E-state index is 12.5. The van der Waals surface area contributed by atoms with Gasteiger partial charge in [-0.05, 0) is 17.7 Å². The van der Waals surface area contributed by atoms with Crippen molar-refractivity contribution >= 4 is 22.1 Å². The second kappa shape index (κ2) is 5.75. The summed E-state index contributed by atoms with van der Waals surface area (Å²) in [5.74, 6) is -3.30. The molecule has 1 aromatic carbocycles.